The number of carbonyl (C=O) groups is 2. The fourth-order valence-electron chi connectivity index (χ4n) is 1.59. The molecule has 0 aliphatic heterocycles. The third-order valence-electron chi connectivity index (χ3n) is 2.53. The maximum absolute atomic E-state index is 12.1. The van der Waals surface area contributed by atoms with Gasteiger partial charge in [-0.15, -0.1) is 11.8 Å². The summed E-state index contributed by atoms with van der Waals surface area (Å²) >= 11 is 1.11. The number of rotatable bonds is 6. The van der Waals surface area contributed by atoms with Crippen LogP contribution in [0.2, 0.25) is 0 Å². The lowest BCUT2D eigenvalue weighted by Gasteiger charge is -2.15. The molecule has 4 N–H and O–H groups in total. The van der Waals surface area contributed by atoms with Gasteiger partial charge >= 0.3 is 11.7 Å². The number of carboxylic acid groups (broad SMARTS) is 1. The van der Waals surface area contributed by atoms with Gasteiger partial charge in [0.15, 0.2) is 0 Å². The molecule has 1 aromatic heterocycles. The summed E-state index contributed by atoms with van der Waals surface area (Å²) in [5.41, 5.74) is -0.144. The first-order chi connectivity index (χ1) is 9.40. The van der Waals surface area contributed by atoms with Crippen molar-refractivity contribution in [1.29, 1.82) is 0 Å². The molecule has 0 bridgehead atoms. The number of aliphatic hydroxyl groups excluding tert-OH is 1. The Bertz CT molecular complexity index is 572. The molecule has 1 aromatic rings. The highest BCUT2D eigenvalue weighted by Crippen LogP contribution is 2.18. The number of thioether (sulfide) groups is 1. The van der Waals surface area contributed by atoms with E-state index >= 15 is 0 Å². The van der Waals surface area contributed by atoms with E-state index < -0.39 is 23.6 Å². The molecule has 0 aliphatic carbocycles. The molecule has 8 nitrogen and oxygen atoms in total. The molecule has 9 heteroatoms. The minimum Gasteiger partial charge on any atom is -0.480 e. The fraction of sp³-hybridized carbons (Fsp3) is 0.455. The van der Waals surface area contributed by atoms with Gasteiger partial charge < -0.3 is 20.5 Å². The smallest absolute Gasteiger partial charge is 0.346 e. The van der Waals surface area contributed by atoms with Gasteiger partial charge in [-0.2, -0.15) is 4.98 Å². The number of aliphatic carboxylic acids is 1. The molecule has 0 fully saturated rings. The number of aromatic nitrogens is 2. The standard InChI is InChI=1S/C11H15N3O5S/c1-5-7(9(20-2)14-11(19)12-5)8(16)13-6(3-4-15)10(17)18/h6,15H,3-4H2,1-2H3,(H,13,16)(H,17,18)(H,12,14,19). The van der Waals surface area contributed by atoms with Gasteiger partial charge in [0.1, 0.15) is 11.1 Å². The molecule has 1 rings (SSSR count). The zero-order valence-electron chi connectivity index (χ0n) is 11.0. The lowest BCUT2D eigenvalue weighted by atomic mass is 10.1. The summed E-state index contributed by atoms with van der Waals surface area (Å²) in [6, 6.07) is -1.20. The van der Waals surface area contributed by atoms with Gasteiger partial charge in [-0.1, -0.05) is 0 Å². The van der Waals surface area contributed by atoms with Gasteiger partial charge in [-0.3, -0.25) is 4.79 Å². The van der Waals surface area contributed by atoms with Crippen LogP contribution in [0, 0.1) is 6.92 Å². The predicted octanol–water partition coefficient (Wildman–Crippen LogP) is -0.634. The lowest BCUT2D eigenvalue weighted by Crippen LogP contribution is -2.42. The summed E-state index contributed by atoms with van der Waals surface area (Å²) in [6.07, 6.45) is 1.55. The van der Waals surface area contributed by atoms with E-state index in [-0.39, 0.29) is 23.6 Å². The van der Waals surface area contributed by atoms with Crippen LogP contribution in [0.25, 0.3) is 0 Å². The second-order valence-corrected chi connectivity index (χ2v) is 4.72. The molecule has 1 heterocycles. The van der Waals surface area contributed by atoms with E-state index in [1.54, 1.807) is 6.26 Å². The second kappa shape index (κ2) is 7.06. The van der Waals surface area contributed by atoms with Crippen LogP contribution in [0.5, 0.6) is 0 Å². The van der Waals surface area contributed by atoms with E-state index in [0.717, 1.165) is 11.8 Å². The van der Waals surface area contributed by atoms with Crippen LogP contribution in [0.4, 0.5) is 0 Å². The van der Waals surface area contributed by atoms with E-state index in [1.807, 2.05) is 0 Å². The van der Waals surface area contributed by atoms with Gasteiger partial charge in [-0.05, 0) is 13.2 Å². The molecule has 1 unspecified atom stereocenters. The molecular weight excluding hydrogens is 286 g/mol. The van der Waals surface area contributed by atoms with Gasteiger partial charge in [0.05, 0.1) is 5.56 Å². The minimum atomic E-state index is -1.24. The van der Waals surface area contributed by atoms with Crippen LogP contribution in [0.15, 0.2) is 9.82 Å². The predicted molar refractivity (Wildman–Crippen MR) is 72.0 cm³/mol. The van der Waals surface area contributed by atoms with Crippen LogP contribution >= 0.6 is 11.8 Å². The fourth-order valence-corrected chi connectivity index (χ4v) is 2.22. The third kappa shape index (κ3) is 3.81. The maximum Gasteiger partial charge on any atom is 0.346 e. The van der Waals surface area contributed by atoms with Crippen molar-refractivity contribution in [2.45, 2.75) is 24.4 Å². The number of hydrogen-bond donors (Lipinski definition) is 4. The first kappa shape index (κ1) is 16.2. The summed E-state index contributed by atoms with van der Waals surface area (Å²) < 4.78 is 0. The molecule has 0 aliphatic rings. The van der Waals surface area contributed by atoms with Gasteiger partial charge in [0.2, 0.25) is 0 Å². The molecule has 0 saturated carbocycles. The number of nitrogens with one attached hydrogen (secondary N) is 2. The van der Waals surface area contributed by atoms with E-state index in [0.29, 0.717) is 5.69 Å². The minimum absolute atomic E-state index is 0.106. The van der Waals surface area contributed by atoms with Crippen molar-refractivity contribution in [2.24, 2.45) is 0 Å². The number of aromatic amines is 1. The second-order valence-electron chi connectivity index (χ2n) is 3.93. The highest BCUT2D eigenvalue weighted by atomic mass is 32.2. The molecule has 0 saturated heterocycles. The Labute approximate surface area is 118 Å². The first-order valence-corrected chi connectivity index (χ1v) is 6.92. The normalized spacial score (nSPS) is 11.9. The van der Waals surface area contributed by atoms with Crippen molar-refractivity contribution in [3.05, 3.63) is 21.7 Å². The Hall–Kier alpha value is -1.87. The van der Waals surface area contributed by atoms with Crippen molar-refractivity contribution in [3.63, 3.8) is 0 Å². The van der Waals surface area contributed by atoms with Crippen LogP contribution in [-0.2, 0) is 4.79 Å². The van der Waals surface area contributed by atoms with E-state index in [4.69, 9.17) is 10.2 Å². The average molecular weight is 301 g/mol. The Kier molecular flexibility index (Phi) is 5.71. The largest absolute Gasteiger partial charge is 0.480 e. The van der Waals surface area contributed by atoms with Gasteiger partial charge in [0, 0.05) is 18.7 Å². The Balaban J connectivity index is 3.08. The first-order valence-electron chi connectivity index (χ1n) is 5.70. The number of aryl methyl sites for hydroxylation is 1. The highest BCUT2D eigenvalue weighted by molar-refractivity contribution is 7.98. The van der Waals surface area contributed by atoms with Crippen molar-refractivity contribution >= 4 is 23.6 Å². The van der Waals surface area contributed by atoms with E-state index in [9.17, 15) is 14.4 Å². The number of amides is 1. The topological polar surface area (TPSA) is 132 Å². The molecule has 0 aromatic carbocycles. The zero-order chi connectivity index (χ0) is 15.3. The monoisotopic (exact) mass is 301 g/mol. The number of carboxylic acids is 1. The number of aliphatic hydroxyl groups is 1. The SMILES string of the molecule is CSc1nc(=O)[nH]c(C)c1C(=O)NC(CCO)C(=O)O. The zero-order valence-corrected chi connectivity index (χ0v) is 11.8. The van der Waals surface area contributed by atoms with Crippen LogP contribution in [-0.4, -0.2) is 51.0 Å². The quantitative estimate of drug-likeness (QED) is 0.406. The molecular formula is C11H15N3O5S. The Morgan fingerprint density at radius 2 is 2.15 bits per heavy atom. The lowest BCUT2D eigenvalue weighted by molar-refractivity contribution is -0.139. The summed E-state index contributed by atoms with van der Waals surface area (Å²) in [5, 5.41) is 20.2. The number of H-pyrrole nitrogens is 1. The number of carbonyl (C=O) groups excluding carboxylic acids is 1. The van der Waals surface area contributed by atoms with E-state index in [2.05, 4.69) is 15.3 Å². The maximum atomic E-state index is 12.1. The van der Waals surface area contributed by atoms with Crippen molar-refractivity contribution in [3.8, 4) is 0 Å². The molecule has 1 amide bonds. The molecule has 20 heavy (non-hydrogen) atoms. The number of hydrogen-bond acceptors (Lipinski definition) is 6. The number of nitrogens with zero attached hydrogens (tertiary/aromatic N) is 1. The van der Waals surface area contributed by atoms with Gasteiger partial charge in [-0.25, -0.2) is 9.59 Å². The van der Waals surface area contributed by atoms with E-state index in [1.165, 1.54) is 6.92 Å². The Morgan fingerprint density at radius 1 is 1.50 bits per heavy atom. The Morgan fingerprint density at radius 3 is 2.65 bits per heavy atom. The third-order valence-corrected chi connectivity index (χ3v) is 3.21. The summed E-state index contributed by atoms with van der Waals surface area (Å²) in [5.74, 6) is -1.90. The van der Waals surface area contributed by atoms with Crippen LogP contribution in [0.3, 0.4) is 0 Å². The summed E-state index contributed by atoms with van der Waals surface area (Å²) in [4.78, 5) is 40.4. The average Bonchev–Trinajstić information content (AvgIpc) is 2.36. The molecule has 0 radical (unpaired) electrons. The van der Waals surface area contributed by atoms with Crippen molar-refractivity contribution in [2.75, 3.05) is 12.9 Å². The highest BCUT2D eigenvalue weighted by Gasteiger charge is 2.23. The molecule has 0 spiro atoms. The van der Waals surface area contributed by atoms with Crippen molar-refractivity contribution in [1.82, 2.24) is 15.3 Å². The summed E-state index contributed by atoms with van der Waals surface area (Å²) in [6.45, 7) is 1.16. The molecule has 1 atom stereocenters. The van der Waals surface area contributed by atoms with Crippen LogP contribution < -0.4 is 11.0 Å². The van der Waals surface area contributed by atoms with Crippen molar-refractivity contribution < 1.29 is 19.8 Å². The summed E-state index contributed by atoms with van der Waals surface area (Å²) in [7, 11) is 0. The van der Waals surface area contributed by atoms with Crippen LogP contribution in [0.1, 0.15) is 22.5 Å². The molecule has 110 valence electrons. The van der Waals surface area contributed by atoms with Gasteiger partial charge in [0.25, 0.3) is 5.91 Å².